The van der Waals surface area contributed by atoms with Gasteiger partial charge in [-0.05, 0) is 42.0 Å². The number of carboxylic acids is 1. The van der Waals surface area contributed by atoms with Crippen LogP contribution in [0, 0.1) is 0 Å². The van der Waals surface area contributed by atoms with Crippen molar-refractivity contribution >= 4 is 16.9 Å². The number of pyridine rings is 1. The lowest BCUT2D eigenvalue weighted by molar-refractivity contribution is -0.137. The highest BCUT2D eigenvalue weighted by atomic mass is 16.4. The summed E-state index contributed by atoms with van der Waals surface area (Å²) in [4.78, 5) is 24.2. The van der Waals surface area contributed by atoms with Gasteiger partial charge in [-0.1, -0.05) is 6.07 Å². The number of hydrogen-bond acceptors (Lipinski definition) is 2. The second kappa shape index (κ2) is 4.82. The first-order chi connectivity index (χ1) is 8.15. The number of fused-ring (bicyclic) bond motifs is 1. The van der Waals surface area contributed by atoms with Gasteiger partial charge in [0.25, 0.3) is 0 Å². The Hall–Kier alpha value is -2.10. The van der Waals surface area contributed by atoms with Crippen molar-refractivity contribution in [2.45, 2.75) is 19.3 Å². The smallest absolute Gasteiger partial charge is 0.303 e. The maximum Gasteiger partial charge on any atom is 0.303 e. The molecule has 4 nitrogen and oxygen atoms in total. The number of hydrogen-bond donors (Lipinski definition) is 2. The average Bonchev–Trinajstić information content (AvgIpc) is 2.29. The molecule has 2 aromatic rings. The largest absolute Gasteiger partial charge is 0.481 e. The number of carbonyl (C=O) groups is 1. The van der Waals surface area contributed by atoms with Crippen LogP contribution in [-0.4, -0.2) is 16.1 Å². The number of aryl methyl sites for hydroxylation is 1. The van der Waals surface area contributed by atoms with E-state index in [0.29, 0.717) is 6.42 Å². The van der Waals surface area contributed by atoms with Crippen molar-refractivity contribution in [1.29, 1.82) is 0 Å². The standard InChI is InChI=1S/C13H13NO3/c15-12-7-5-10-8-9(2-1-3-13(16)17)4-6-11(10)14-12/h4-8H,1-3H2,(H,14,15)(H,16,17). The molecule has 1 heterocycles. The van der Waals surface area contributed by atoms with Crippen LogP contribution < -0.4 is 5.56 Å². The van der Waals surface area contributed by atoms with E-state index in [1.54, 1.807) is 6.07 Å². The summed E-state index contributed by atoms with van der Waals surface area (Å²) in [7, 11) is 0. The van der Waals surface area contributed by atoms with Crippen molar-refractivity contribution in [1.82, 2.24) is 4.98 Å². The molecular weight excluding hydrogens is 218 g/mol. The topological polar surface area (TPSA) is 70.2 Å². The van der Waals surface area contributed by atoms with Gasteiger partial charge in [0, 0.05) is 18.0 Å². The molecule has 2 rings (SSSR count). The number of rotatable bonds is 4. The number of carboxylic acid groups (broad SMARTS) is 1. The van der Waals surface area contributed by atoms with Crippen molar-refractivity contribution in [2.24, 2.45) is 0 Å². The maximum absolute atomic E-state index is 11.1. The van der Waals surface area contributed by atoms with Gasteiger partial charge in [0.2, 0.25) is 5.56 Å². The van der Waals surface area contributed by atoms with Crippen molar-refractivity contribution < 1.29 is 9.90 Å². The van der Waals surface area contributed by atoms with E-state index < -0.39 is 5.97 Å². The zero-order valence-corrected chi connectivity index (χ0v) is 9.27. The SMILES string of the molecule is O=C(O)CCCc1ccc2[nH]c(=O)ccc2c1. The highest BCUT2D eigenvalue weighted by Gasteiger charge is 2.00. The fraction of sp³-hybridized carbons (Fsp3) is 0.231. The van der Waals surface area contributed by atoms with Gasteiger partial charge >= 0.3 is 5.97 Å². The molecule has 2 N–H and O–H groups in total. The van der Waals surface area contributed by atoms with Gasteiger partial charge in [0.05, 0.1) is 0 Å². The summed E-state index contributed by atoms with van der Waals surface area (Å²) in [6.07, 6.45) is 1.55. The highest BCUT2D eigenvalue weighted by Crippen LogP contribution is 2.14. The van der Waals surface area contributed by atoms with E-state index in [4.69, 9.17) is 5.11 Å². The van der Waals surface area contributed by atoms with Crippen LogP contribution in [-0.2, 0) is 11.2 Å². The minimum atomic E-state index is -0.768. The quantitative estimate of drug-likeness (QED) is 0.844. The molecule has 0 amide bonds. The fourth-order valence-electron chi connectivity index (χ4n) is 1.80. The molecule has 0 aliphatic heterocycles. The summed E-state index contributed by atoms with van der Waals surface area (Å²) in [5, 5.41) is 9.52. The first kappa shape index (κ1) is 11.4. The van der Waals surface area contributed by atoms with Gasteiger partial charge in [-0.2, -0.15) is 0 Å². The van der Waals surface area contributed by atoms with Crippen LogP contribution in [0.2, 0.25) is 0 Å². The molecule has 1 aromatic carbocycles. The van der Waals surface area contributed by atoms with Crippen LogP contribution in [0.4, 0.5) is 0 Å². The van der Waals surface area contributed by atoms with Gasteiger partial charge in [-0.15, -0.1) is 0 Å². The number of aromatic nitrogens is 1. The Bertz CT molecular complexity index is 601. The van der Waals surface area contributed by atoms with Crippen molar-refractivity contribution in [3.05, 3.63) is 46.2 Å². The summed E-state index contributed by atoms with van der Waals surface area (Å²) in [6.45, 7) is 0. The molecule has 0 spiro atoms. The lowest BCUT2D eigenvalue weighted by atomic mass is 10.1. The molecule has 0 bridgehead atoms. The minimum absolute atomic E-state index is 0.115. The lowest BCUT2D eigenvalue weighted by Crippen LogP contribution is -2.02. The molecule has 0 saturated carbocycles. The Labute approximate surface area is 97.9 Å². The predicted octanol–water partition coefficient (Wildman–Crippen LogP) is 1.94. The molecule has 0 aliphatic carbocycles. The van der Waals surface area contributed by atoms with Crippen LogP contribution >= 0.6 is 0 Å². The fourth-order valence-corrected chi connectivity index (χ4v) is 1.80. The Morgan fingerprint density at radius 1 is 1.24 bits per heavy atom. The molecule has 0 fully saturated rings. The Balaban J connectivity index is 2.17. The molecular formula is C13H13NO3. The number of nitrogens with one attached hydrogen (secondary N) is 1. The zero-order valence-electron chi connectivity index (χ0n) is 9.27. The van der Waals surface area contributed by atoms with E-state index in [0.717, 1.165) is 22.9 Å². The molecule has 4 heteroatoms. The van der Waals surface area contributed by atoms with Gasteiger partial charge in [-0.25, -0.2) is 0 Å². The monoisotopic (exact) mass is 231 g/mol. The van der Waals surface area contributed by atoms with E-state index in [-0.39, 0.29) is 12.0 Å². The summed E-state index contributed by atoms with van der Waals surface area (Å²) < 4.78 is 0. The summed E-state index contributed by atoms with van der Waals surface area (Å²) in [6, 6.07) is 9.01. The molecule has 0 aliphatic rings. The summed E-state index contributed by atoms with van der Waals surface area (Å²) in [5.41, 5.74) is 1.78. The van der Waals surface area contributed by atoms with Gasteiger partial charge in [0.1, 0.15) is 0 Å². The Kier molecular flexibility index (Phi) is 3.23. The predicted molar refractivity (Wildman–Crippen MR) is 65.1 cm³/mol. The van der Waals surface area contributed by atoms with Crippen molar-refractivity contribution in [3.8, 4) is 0 Å². The molecule has 0 radical (unpaired) electrons. The van der Waals surface area contributed by atoms with E-state index in [9.17, 15) is 9.59 Å². The number of benzene rings is 1. The third-order valence-electron chi connectivity index (χ3n) is 2.64. The highest BCUT2D eigenvalue weighted by molar-refractivity contribution is 5.78. The molecule has 0 saturated heterocycles. The number of aromatic amines is 1. The second-order valence-corrected chi connectivity index (χ2v) is 3.99. The first-order valence-electron chi connectivity index (χ1n) is 5.49. The van der Waals surface area contributed by atoms with Crippen LogP contribution in [0.1, 0.15) is 18.4 Å². The number of aliphatic carboxylic acids is 1. The summed E-state index contributed by atoms with van der Waals surface area (Å²) >= 11 is 0. The van der Waals surface area contributed by atoms with E-state index in [1.807, 2.05) is 18.2 Å². The third kappa shape index (κ3) is 2.93. The molecule has 88 valence electrons. The maximum atomic E-state index is 11.1. The van der Waals surface area contributed by atoms with Crippen molar-refractivity contribution in [2.75, 3.05) is 0 Å². The van der Waals surface area contributed by atoms with E-state index >= 15 is 0 Å². The molecule has 17 heavy (non-hydrogen) atoms. The minimum Gasteiger partial charge on any atom is -0.481 e. The average molecular weight is 231 g/mol. The van der Waals surface area contributed by atoms with Crippen molar-refractivity contribution in [3.63, 3.8) is 0 Å². The third-order valence-corrected chi connectivity index (χ3v) is 2.64. The van der Waals surface area contributed by atoms with E-state index in [2.05, 4.69) is 4.98 Å². The van der Waals surface area contributed by atoms with Crippen LogP contribution in [0.5, 0.6) is 0 Å². The van der Waals surface area contributed by atoms with Gasteiger partial charge < -0.3 is 10.1 Å². The molecule has 1 aromatic heterocycles. The van der Waals surface area contributed by atoms with Crippen LogP contribution in [0.15, 0.2) is 35.1 Å². The van der Waals surface area contributed by atoms with E-state index in [1.165, 1.54) is 6.07 Å². The van der Waals surface area contributed by atoms with Crippen LogP contribution in [0.3, 0.4) is 0 Å². The number of H-pyrrole nitrogens is 1. The van der Waals surface area contributed by atoms with Gasteiger partial charge in [0.15, 0.2) is 0 Å². The molecule has 0 unspecified atom stereocenters. The lowest BCUT2D eigenvalue weighted by Gasteiger charge is -2.02. The second-order valence-electron chi connectivity index (χ2n) is 3.99. The summed E-state index contributed by atoms with van der Waals surface area (Å²) in [5.74, 6) is -0.768. The normalized spacial score (nSPS) is 10.6. The first-order valence-corrected chi connectivity index (χ1v) is 5.49. The zero-order chi connectivity index (χ0) is 12.3. The van der Waals surface area contributed by atoms with Gasteiger partial charge in [-0.3, -0.25) is 9.59 Å². The van der Waals surface area contributed by atoms with Crippen LogP contribution in [0.25, 0.3) is 10.9 Å². The molecule has 0 atom stereocenters. The Morgan fingerprint density at radius 2 is 2.06 bits per heavy atom. The Morgan fingerprint density at radius 3 is 2.82 bits per heavy atom.